The Kier molecular flexibility index (Phi) is 4.28. The van der Waals surface area contributed by atoms with E-state index in [2.05, 4.69) is 10.3 Å². The molecule has 0 aliphatic carbocycles. The van der Waals surface area contributed by atoms with Gasteiger partial charge < -0.3 is 5.32 Å². The van der Waals surface area contributed by atoms with Gasteiger partial charge in [0.25, 0.3) is 5.91 Å². The fourth-order valence-electron chi connectivity index (χ4n) is 1.58. The van der Waals surface area contributed by atoms with Crippen LogP contribution in [0.1, 0.15) is 15.9 Å². The van der Waals surface area contributed by atoms with E-state index in [9.17, 15) is 9.18 Å². The minimum absolute atomic E-state index is 0.0345. The molecule has 0 fully saturated rings. The number of nitriles is 1. The van der Waals surface area contributed by atoms with E-state index in [0.29, 0.717) is 12.1 Å². The number of benzene rings is 1. The molecular formula is C14H9ClFN3O. The molecule has 2 rings (SSSR count). The van der Waals surface area contributed by atoms with Crippen LogP contribution in [0.15, 0.2) is 36.5 Å². The molecule has 1 heterocycles. The van der Waals surface area contributed by atoms with Gasteiger partial charge in [-0.15, -0.1) is 0 Å². The van der Waals surface area contributed by atoms with E-state index in [1.165, 1.54) is 0 Å². The second-order valence-electron chi connectivity index (χ2n) is 3.98. The van der Waals surface area contributed by atoms with Gasteiger partial charge in [-0.1, -0.05) is 23.7 Å². The van der Waals surface area contributed by atoms with Gasteiger partial charge in [-0.25, -0.2) is 9.37 Å². The highest BCUT2D eigenvalue weighted by molar-refractivity contribution is 6.33. The molecule has 6 heteroatoms. The number of carbonyl (C=O) groups is 1. The summed E-state index contributed by atoms with van der Waals surface area (Å²) in [6.07, 6.45) is 1.24. The molecule has 0 unspecified atom stereocenters. The molecule has 4 nitrogen and oxygen atoms in total. The van der Waals surface area contributed by atoms with E-state index in [-0.39, 0.29) is 10.7 Å². The predicted molar refractivity (Wildman–Crippen MR) is 72.9 cm³/mol. The van der Waals surface area contributed by atoms with Gasteiger partial charge in [-0.2, -0.15) is 5.26 Å². The average Bonchev–Trinajstić information content (AvgIpc) is 2.44. The topological polar surface area (TPSA) is 65.8 Å². The van der Waals surface area contributed by atoms with E-state index in [1.807, 2.05) is 6.07 Å². The summed E-state index contributed by atoms with van der Waals surface area (Å²) in [6.45, 7) is 0. The molecule has 0 atom stereocenters. The maximum atomic E-state index is 13.1. The molecule has 0 aliphatic heterocycles. The molecule has 0 saturated heterocycles. The number of nitrogens with one attached hydrogen (secondary N) is 1. The van der Waals surface area contributed by atoms with E-state index in [4.69, 9.17) is 16.9 Å². The summed E-state index contributed by atoms with van der Waals surface area (Å²) in [5.74, 6) is -1.18. The fourth-order valence-corrected chi connectivity index (χ4v) is 1.77. The molecule has 2 aromatic rings. The van der Waals surface area contributed by atoms with Crippen LogP contribution in [-0.2, 0) is 6.42 Å². The van der Waals surface area contributed by atoms with Crippen LogP contribution in [0.4, 0.5) is 10.1 Å². The first kappa shape index (κ1) is 14.0. The van der Waals surface area contributed by atoms with Crippen molar-refractivity contribution in [2.75, 3.05) is 5.32 Å². The summed E-state index contributed by atoms with van der Waals surface area (Å²) in [6, 6.07) is 9.82. The maximum absolute atomic E-state index is 13.1. The Labute approximate surface area is 119 Å². The van der Waals surface area contributed by atoms with Crippen LogP contribution in [0, 0.1) is 17.1 Å². The summed E-state index contributed by atoms with van der Waals surface area (Å²) in [5.41, 5.74) is 1.33. The number of carbonyl (C=O) groups excluding carboxylic acids is 1. The van der Waals surface area contributed by atoms with E-state index in [0.717, 1.165) is 17.8 Å². The normalized spacial score (nSPS) is 9.85. The van der Waals surface area contributed by atoms with Gasteiger partial charge in [0.15, 0.2) is 0 Å². The summed E-state index contributed by atoms with van der Waals surface area (Å²) in [4.78, 5) is 15.5. The monoisotopic (exact) mass is 289 g/mol. The number of halogens is 2. The minimum Gasteiger partial charge on any atom is -0.322 e. The lowest BCUT2D eigenvalue weighted by atomic mass is 10.1. The first-order valence-corrected chi connectivity index (χ1v) is 6.06. The minimum atomic E-state index is -0.635. The lowest BCUT2D eigenvalue weighted by Crippen LogP contribution is -2.13. The third kappa shape index (κ3) is 3.31. The number of rotatable bonds is 3. The van der Waals surface area contributed by atoms with Crippen LogP contribution in [0.2, 0.25) is 5.15 Å². The maximum Gasteiger partial charge on any atom is 0.258 e. The van der Waals surface area contributed by atoms with Gasteiger partial charge in [0.05, 0.1) is 24.3 Å². The molecular weight excluding hydrogens is 281 g/mol. The number of aromatic nitrogens is 1. The average molecular weight is 290 g/mol. The van der Waals surface area contributed by atoms with Crippen LogP contribution in [0.5, 0.6) is 0 Å². The molecule has 0 radical (unpaired) electrons. The van der Waals surface area contributed by atoms with Crippen LogP contribution in [-0.4, -0.2) is 10.9 Å². The quantitative estimate of drug-likeness (QED) is 0.883. The van der Waals surface area contributed by atoms with Crippen molar-refractivity contribution >= 4 is 23.2 Å². The Hall–Kier alpha value is -2.45. The highest BCUT2D eigenvalue weighted by atomic mass is 35.5. The zero-order valence-corrected chi connectivity index (χ0v) is 11.0. The lowest BCUT2D eigenvalue weighted by Gasteiger charge is -2.06. The smallest absolute Gasteiger partial charge is 0.258 e. The third-order valence-electron chi connectivity index (χ3n) is 2.55. The van der Waals surface area contributed by atoms with Crippen molar-refractivity contribution in [3.05, 3.63) is 58.6 Å². The van der Waals surface area contributed by atoms with Gasteiger partial charge >= 0.3 is 0 Å². The third-order valence-corrected chi connectivity index (χ3v) is 2.85. The fraction of sp³-hybridized carbons (Fsp3) is 0.0714. The summed E-state index contributed by atoms with van der Waals surface area (Å²) < 4.78 is 13.1. The highest BCUT2D eigenvalue weighted by Crippen LogP contribution is 2.17. The van der Waals surface area contributed by atoms with Crippen molar-refractivity contribution in [3.63, 3.8) is 0 Å². The Bertz CT molecular complexity index is 680. The first-order chi connectivity index (χ1) is 9.60. The SMILES string of the molecule is N#CCc1ccc(NC(=O)c2cc(F)cnc2Cl)cc1. The molecule has 0 saturated carbocycles. The molecule has 1 amide bonds. The van der Waals surface area contributed by atoms with Crippen molar-refractivity contribution in [2.45, 2.75) is 6.42 Å². The number of nitrogens with zero attached hydrogens (tertiary/aromatic N) is 2. The highest BCUT2D eigenvalue weighted by Gasteiger charge is 2.12. The van der Waals surface area contributed by atoms with Crippen LogP contribution < -0.4 is 5.32 Å². The van der Waals surface area contributed by atoms with Crippen LogP contribution in [0.3, 0.4) is 0 Å². The Morgan fingerprint density at radius 3 is 2.75 bits per heavy atom. The van der Waals surface area contributed by atoms with Gasteiger partial charge in [0, 0.05) is 5.69 Å². The number of anilines is 1. The van der Waals surface area contributed by atoms with Gasteiger partial charge in [-0.3, -0.25) is 4.79 Å². The van der Waals surface area contributed by atoms with Crippen molar-refractivity contribution in [2.24, 2.45) is 0 Å². The zero-order valence-electron chi connectivity index (χ0n) is 10.2. The molecule has 0 aliphatic rings. The number of pyridine rings is 1. The number of hydrogen-bond donors (Lipinski definition) is 1. The van der Waals surface area contributed by atoms with Crippen molar-refractivity contribution in [1.82, 2.24) is 4.98 Å². The Morgan fingerprint density at radius 2 is 2.10 bits per heavy atom. The second-order valence-corrected chi connectivity index (χ2v) is 4.34. The largest absolute Gasteiger partial charge is 0.322 e. The number of hydrogen-bond acceptors (Lipinski definition) is 3. The molecule has 0 bridgehead atoms. The lowest BCUT2D eigenvalue weighted by molar-refractivity contribution is 0.102. The van der Waals surface area contributed by atoms with Crippen molar-refractivity contribution in [1.29, 1.82) is 5.26 Å². The first-order valence-electron chi connectivity index (χ1n) is 5.68. The van der Waals surface area contributed by atoms with E-state index < -0.39 is 11.7 Å². The molecule has 1 aromatic carbocycles. The van der Waals surface area contributed by atoms with Gasteiger partial charge in [0.2, 0.25) is 0 Å². The van der Waals surface area contributed by atoms with Crippen LogP contribution >= 0.6 is 11.6 Å². The number of amides is 1. The van der Waals surface area contributed by atoms with Crippen LogP contribution in [0.25, 0.3) is 0 Å². The molecule has 1 aromatic heterocycles. The Morgan fingerprint density at radius 1 is 1.40 bits per heavy atom. The summed E-state index contributed by atoms with van der Waals surface area (Å²) in [7, 11) is 0. The Balaban J connectivity index is 2.15. The zero-order chi connectivity index (χ0) is 14.5. The van der Waals surface area contributed by atoms with Crippen molar-refractivity contribution in [3.8, 4) is 6.07 Å². The van der Waals surface area contributed by atoms with E-state index in [1.54, 1.807) is 24.3 Å². The van der Waals surface area contributed by atoms with E-state index >= 15 is 0 Å². The molecule has 1 N–H and O–H groups in total. The molecule has 0 spiro atoms. The molecule has 20 heavy (non-hydrogen) atoms. The van der Waals surface area contributed by atoms with Gasteiger partial charge in [0.1, 0.15) is 11.0 Å². The van der Waals surface area contributed by atoms with Crippen molar-refractivity contribution < 1.29 is 9.18 Å². The van der Waals surface area contributed by atoms with Gasteiger partial charge in [-0.05, 0) is 23.8 Å². The molecule has 100 valence electrons. The summed E-state index contributed by atoms with van der Waals surface area (Å²) >= 11 is 5.75. The standard InChI is InChI=1S/C14H9ClFN3O/c15-13-12(7-10(16)8-18-13)14(20)19-11-3-1-9(2-4-11)5-6-17/h1-4,7-8H,5H2,(H,19,20). The summed E-state index contributed by atoms with van der Waals surface area (Å²) in [5, 5.41) is 11.1. The predicted octanol–water partition coefficient (Wildman–Crippen LogP) is 3.19. The second kappa shape index (κ2) is 6.13.